The zero-order valence-electron chi connectivity index (χ0n) is 8.18. The Hall–Kier alpha value is -1.81. The summed E-state index contributed by atoms with van der Waals surface area (Å²) < 4.78 is 1.46. The van der Waals surface area contributed by atoms with Crippen LogP contribution in [0.4, 0.5) is 0 Å². The fourth-order valence-corrected chi connectivity index (χ4v) is 1.46. The molecule has 2 aromatic rings. The van der Waals surface area contributed by atoms with Crippen molar-refractivity contribution in [1.82, 2.24) is 9.78 Å². The third kappa shape index (κ3) is 1.99. The number of nitrogens with one attached hydrogen (secondary N) is 1. The maximum atomic E-state index is 11.6. The largest absolute Gasteiger partial charge is 0.396 e. The van der Waals surface area contributed by atoms with E-state index in [9.17, 15) is 4.79 Å². The van der Waals surface area contributed by atoms with Crippen LogP contribution in [0, 0.1) is 0 Å². The number of aliphatic hydroxyl groups excluding tert-OH is 1. The molecule has 78 valence electrons. The lowest BCUT2D eigenvalue weighted by Gasteiger charge is -2.00. The highest BCUT2D eigenvalue weighted by Crippen LogP contribution is 2.03. The highest BCUT2D eigenvalue weighted by molar-refractivity contribution is 5.30. The normalized spacial score (nSPS) is 10.5. The van der Waals surface area contributed by atoms with Crippen LogP contribution in [0.5, 0.6) is 0 Å². The van der Waals surface area contributed by atoms with Gasteiger partial charge in [-0.2, -0.15) is 0 Å². The molecule has 0 atom stereocenters. The van der Waals surface area contributed by atoms with Crippen molar-refractivity contribution in [3.05, 3.63) is 52.4 Å². The molecule has 1 aromatic heterocycles. The fraction of sp³-hybridized carbons (Fsp3) is 0.182. The van der Waals surface area contributed by atoms with Crippen LogP contribution in [0.2, 0.25) is 0 Å². The molecule has 2 rings (SSSR count). The maximum Gasteiger partial charge on any atom is 0.271 e. The van der Waals surface area contributed by atoms with E-state index < -0.39 is 0 Å². The molecule has 0 unspecified atom stereocenters. The average Bonchev–Trinajstić information content (AvgIpc) is 2.61. The molecular formula is C11H12N2O2. The Morgan fingerprint density at radius 2 is 2.00 bits per heavy atom. The molecule has 1 heterocycles. The highest BCUT2D eigenvalue weighted by Gasteiger charge is 2.03. The number of aromatic amines is 1. The van der Waals surface area contributed by atoms with Crippen LogP contribution >= 0.6 is 0 Å². The van der Waals surface area contributed by atoms with E-state index in [4.69, 9.17) is 5.11 Å². The maximum absolute atomic E-state index is 11.6. The summed E-state index contributed by atoms with van der Waals surface area (Å²) in [7, 11) is 0. The molecule has 0 aliphatic carbocycles. The van der Waals surface area contributed by atoms with Gasteiger partial charge in [0.25, 0.3) is 5.56 Å². The molecule has 0 bridgehead atoms. The van der Waals surface area contributed by atoms with Gasteiger partial charge in [0, 0.05) is 24.8 Å². The quantitative estimate of drug-likeness (QED) is 0.773. The van der Waals surface area contributed by atoms with Gasteiger partial charge in [0.05, 0.1) is 5.69 Å². The number of hydrogen-bond donors (Lipinski definition) is 2. The van der Waals surface area contributed by atoms with Crippen LogP contribution in [0.1, 0.15) is 5.69 Å². The summed E-state index contributed by atoms with van der Waals surface area (Å²) >= 11 is 0. The van der Waals surface area contributed by atoms with E-state index in [0.717, 1.165) is 11.4 Å². The highest BCUT2D eigenvalue weighted by atomic mass is 16.3. The van der Waals surface area contributed by atoms with Crippen LogP contribution in [0.3, 0.4) is 0 Å². The number of rotatable bonds is 3. The topological polar surface area (TPSA) is 58.0 Å². The number of benzene rings is 1. The van der Waals surface area contributed by atoms with Gasteiger partial charge in [-0.1, -0.05) is 18.2 Å². The third-order valence-electron chi connectivity index (χ3n) is 2.17. The first-order valence-electron chi connectivity index (χ1n) is 4.78. The summed E-state index contributed by atoms with van der Waals surface area (Å²) in [5.74, 6) is 0. The monoisotopic (exact) mass is 204 g/mol. The second-order valence-electron chi connectivity index (χ2n) is 3.26. The number of hydrogen-bond acceptors (Lipinski definition) is 2. The first-order chi connectivity index (χ1) is 7.31. The molecular weight excluding hydrogens is 192 g/mol. The summed E-state index contributed by atoms with van der Waals surface area (Å²) in [4.78, 5) is 11.6. The van der Waals surface area contributed by atoms with Crippen molar-refractivity contribution in [2.75, 3.05) is 6.61 Å². The minimum atomic E-state index is -0.107. The Bertz CT molecular complexity index is 485. The summed E-state index contributed by atoms with van der Waals surface area (Å²) in [6.45, 7) is 0.0365. The lowest BCUT2D eigenvalue weighted by molar-refractivity contribution is 0.298. The van der Waals surface area contributed by atoms with Crippen LogP contribution in [0.15, 0.2) is 41.2 Å². The second kappa shape index (κ2) is 4.14. The third-order valence-corrected chi connectivity index (χ3v) is 2.17. The van der Waals surface area contributed by atoms with Crippen LogP contribution in [0.25, 0.3) is 5.69 Å². The Labute approximate surface area is 86.8 Å². The minimum Gasteiger partial charge on any atom is -0.396 e. The molecule has 0 aliphatic heterocycles. The molecule has 0 saturated heterocycles. The van der Waals surface area contributed by atoms with Crippen LogP contribution in [-0.4, -0.2) is 21.5 Å². The van der Waals surface area contributed by atoms with Crippen molar-refractivity contribution in [2.24, 2.45) is 0 Å². The van der Waals surface area contributed by atoms with E-state index in [-0.39, 0.29) is 12.2 Å². The molecule has 4 nitrogen and oxygen atoms in total. The van der Waals surface area contributed by atoms with Crippen molar-refractivity contribution in [2.45, 2.75) is 6.42 Å². The lowest BCUT2D eigenvalue weighted by atomic mass is 10.3. The fourth-order valence-electron chi connectivity index (χ4n) is 1.46. The summed E-state index contributed by atoms with van der Waals surface area (Å²) in [5, 5.41) is 11.7. The van der Waals surface area contributed by atoms with Gasteiger partial charge in [-0.3, -0.25) is 9.89 Å². The number of nitrogens with zero attached hydrogens (tertiary/aromatic N) is 1. The zero-order valence-corrected chi connectivity index (χ0v) is 8.18. The van der Waals surface area contributed by atoms with Gasteiger partial charge in [-0.15, -0.1) is 0 Å². The molecule has 0 aliphatic rings. The first-order valence-corrected chi connectivity index (χ1v) is 4.78. The van der Waals surface area contributed by atoms with Gasteiger partial charge >= 0.3 is 0 Å². The molecule has 15 heavy (non-hydrogen) atoms. The average molecular weight is 204 g/mol. The van der Waals surface area contributed by atoms with Gasteiger partial charge < -0.3 is 5.11 Å². The Kier molecular flexibility index (Phi) is 2.69. The number of H-pyrrole nitrogens is 1. The standard InChI is InChI=1S/C11H12N2O2/c14-7-6-9-8-11(15)13(12-9)10-4-2-1-3-5-10/h1-5,8,12,14H,6-7H2. The van der Waals surface area contributed by atoms with Gasteiger partial charge in [0.2, 0.25) is 0 Å². The van der Waals surface area contributed by atoms with Crippen molar-refractivity contribution in [3.8, 4) is 5.69 Å². The second-order valence-corrected chi connectivity index (χ2v) is 3.26. The summed E-state index contributed by atoms with van der Waals surface area (Å²) in [6, 6.07) is 10.8. The van der Waals surface area contributed by atoms with E-state index in [1.165, 1.54) is 10.7 Å². The molecule has 4 heteroatoms. The predicted molar refractivity (Wildman–Crippen MR) is 57.2 cm³/mol. The van der Waals surface area contributed by atoms with Crippen molar-refractivity contribution in [1.29, 1.82) is 0 Å². The Morgan fingerprint density at radius 1 is 1.27 bits per heavy atom. The van der Waals surface area contributed by atoms with E-state index in [0.29, 0.717) is 6.42 Å². The minimum absolute atomic E-state index is 0.0365. The van der Waals surface area contributed by atoms with Gasteiger partial charge in [-0.05, 0) is 12.1 Å². The van der Waals surface area contributed by atoms with Gasteiger partial charge in [0.1, 0.15) is 0 Å². The smallest absolute Gasteiger partial charge is 0.271 e. The van der Waals surface area contributed by atoms with E-state index in [2.05, 4.69) is 5.10 Å². The SMILES string of the molecule is O=c1cc(CCO)[nH]n1-c1ccccc1. The van der Waals surface area contributed by atoms with Crippen molar-refractivity contribution >= 4 is 0 Å². The molecule has 0 amide bonds. The van der Waals surface area contributed by atoms with Crippen molar-refractivity contribution in [3.63, 3.8) is 0 Å². The number of aromatic nitrogens is 2. The number of para-hydroxylation sites is 1. The van der Waals surface area contributed by atoms with Gasteiger partial charge in [-0.25, -0.2) is 4.68 Å². The molecule has 0 spiro atoms. The Morgan fingerprint density at radius 3 is 2.67 bits per heavy atom. The van der Waals surface area contributed by atoms with Crippen LogP contribution in [-0.2, 0) is 6.42 Å². The zero-order chi connectivity index (χ0) is 10.7. The molecule has 0 radical (unpaired) electrons. The van der Waals surface area contributed by atoms with Crippen molar-refractivity contribution < 1.29 is 5.11 Å². The van der Waals surface area contributed by atoms with Crippen LogP contribution < -0.4 is 5.56 Å². The first kappa shape index (κ1) is 9.73. The molecule has 2 N–H and O–H groups in total. The Balaban J connectivity index is 2.41. The van der Waals surface area contributed by atoms with E-state index in [1.54, 1.807) is 0 Å². The molecule has 0 fully saturated rings. The summed E-state index contributed by atoms with van der Waals surface area (Å²) in [5.41, 5.74) is 1.43. The number of aliphatic hydroxyl groups is 1. The lowest BCUT2D eigenvalue weighted by Crippen LogP contribution is -2.12. The van der Waals surface area contributed by atoms with Gasteiger partial charge in [0.15, 0.2) is 0 Å². The van der Waals surface area contributed by atoms with E-state index in [1.807, 2.05) is 30.3 Å². The molecule has 0 saturated carbocycles. The molecule has 1 aromatic carbocycles. The van der Waals surface area contributed by atoms with E-state index >= 15 is 0 Å². The predicted octanol–water partition coefficient (Wildman–Crippen LogP) is 0.700. The summed E-state index contributed by atoms with van der Waals surface area (Å²) in [6.07, 6.45) is 0.467.